The fraction of sp³-hybridized carbons (Fsp3) is 0.133. The number of rotatable bonds is 4. The minimum absolute atomic E-state index is 0.0432. The van der Waals surface area contributed by atoms with Gasteiger partial charge < -0.3 is 10.5 Å². The average molecular weight is 258 g/mol. The molecule has 2 aromatic carbocycles. The standard InChI is InChI=1S/C15H15FN2O/c1-10-8-13(6-7-14(10)16)19-9-11-2-4-12(5-3-11)15(17)18/h2-8H,9H2,1H3,(H3,17,18). The summed E-state index contributed by atoms with van der Waals surface area (Å²) >= 11 is 0. The van der Waals surface area contributed by atoms with Crippen LogP contribution in [0.25, 0.3) is 0 Å². The molecule has 0 saturated heterocycles. The number of ether oxygens (including phenoxy) is 1. The molecule has 4 heteroatoms. The third-order valence-corrected chi connectivity index (χ3v) is 2.80. The molecule has 0 amide bonds. The molecule has 0 saturated carbocycles. The maximum absolute atomic E-state index is 13.1. The van der Waals surface area contributed by atoms with Crippen LogP contribution < -0.4 is 10.5 Å². The molecule has 0 bridgehead atoms. The van der Waals surface area contributed by atoms with Gasteiger partial charge in [0.15, 0.2) is 0 Å². The molecule has 0 spiro atoms. The highest BCUT2D eigenvalue weighted by atomic mass is 19.1. The first-order valence-corrected chi connectivity index (χ1v) is 5.88. The molecule has 0 fully saturated rings. The maximum atomic E-state index is 13.1. The van der Waals surface area contributed by atoms with Crippen LogP contribution >= 0.6 is 0 Å². The second-order valence-electron chi connectivity index (χ2n) is 4.31. The number of nitrogen functional groups attached to an aromatic ring is 1. The summed E-state index contributed by atoms with van der Waals surface area (Å²) in [5.74, 6) is 0.439. The number of halogens is 1. The molecule has 3 nitrogen and oxygen atoms in total. The topological polar surface area (TPSA) is 59.1 Å². The molecule has 0 unspecified atom stereocenters. The Balaban J connectivity index is 2.01. The number of hydrogen-bond acceptors (Lipinski definition) is 2. The van der Waals surface area contributed by atoms with Crippen LogP contribution in [0, 0.1) is 18.2 Å². The fourth-order valence-electron chi connectivity index (χ4n) is 1.65. The van der Waals surface area contributed by atoms with Crippen molar-refractivity contribution < 1.29 is 9.13 Å². The summed E-state index contributed by atoms with van der Waals surface area (Å²) in [4.78, 5) is 0. The third-order valence-electron chi connectivity index (χ3n) is 2.80. The largest absolute Gasteiger partial charge is 0.489 e. The molecular formula is C15H15FN2O. The summed E-state index contributed by atoms with van der Waals surface area (Å²) in [5.41, 5.74) is 7.58. The number of nitrogens with one attached hydrogen (secondary N) is 1. The summed E-state index contributed by atoms with van der Waals surface area (Å²) in [7, 11) is 0. The summed E-state index contributed by atoms with van der Waals surface area (Å²) < 4.78 is 18.7. The van der Waals surface area contributed by atoms with Crippen LogP contribution in [0.1, 0.15) is 16.7 Å². The van der Waals surface area contributed by atoms with Gasteiger partial charge in [0.1, 0.15) is 24.0 Å². The number of nitrogens with two attached hydrogens (primary N) is 1. The van der Waals surface area contributed by atoms with Crippen molar-refractivity contribution in [2.75, 3.05) is 0 Å². The predicted molar refractivity (Wildman–Crippen MR) is 72.9 cm³/mol. The van der Waals surface area contributed by atoms with Crippen LogP contribution in [0.5, 0.6) is 5.75 Å². The zero-order valence-corrected chi connectivity index (χ0v) is 10.6. The number of hydrogen-bond donors (Lipinski definition) is 2. The van der Waals surface area contributed by atoms with Gasteiger partial charge in [-0.05, 0) is 36.2 Å². The molecule has 0 aromatic heterocycles. The third kappa shape index (κ3) is 3.31. The maximum Gasteiger partial charge on any atom is 0.126 e. The van der Waals surface area contributed by atoms with E-state index in [-0.39, 0.29) is 11.7 Å². The number of amidine groups is 1. The Bertz CT molecular complexity index is 594. The fourth-order valence-corrected chi connectivity index (χ4v) is 1.65. The van der Waals surface area contributed by atoms with E-state index in [4.69, 9.17) is 15.9 Å². The minimum atomic E-state index is -0.238. The first-order chi connectivity index (χ1) is 9.06. The number of benzene rings is 2. The molecule has 0 radical (unpaired) electrons. The highest BCUT2D eigenvalue weighted by Gasteiger charge is 2.01. The predicted octanol–water partition coefficient (Wildman–Crippen LogP) is 3.00. The normalized spacial score (nSPS) is 10.2. The zero-order chi connectivity index (χ0) is 13.8. The molecule has 0 heterocycles. The molecule has 2 rings (SSSR count). The van der Waals surface area contributed by atoms with Crippen molar-refractivity contribution in [3.63, 3.8) is 0 Å². The van der Waals surface area contributed by atoms with E-state index >= 15 is 0 Å². The van der Waals surface area contributed by atoms with E-state index < -0.39 is 0 Å². The number of aryl methyl sites for hydroxylation is 1. The van der Waals surface area contributed by atoms with Crippen molar-refractivity contribution in [3.8, 4) is 5.75 Å². The van der Waals surface area contributed by atoms with Gasteiger partial charge in [-0.15, -0.1) is 0 Å². The van der Waals surface area contributed by atoms with Crippen LogP contribution in [-0.4, -0.2) is 5.84 Å². The van der Waals surface area contributed by atoms with Gasteiger partial charge in [-0.2, -0.15) is 0 Å². The van der Waals surface area contributed by atoms with Crippen molar-refractivity contribution >= 4 is 5.84 Å². The summed E-state index contributed by atoms with van der Waals surface area (Å²) in [6.45, 7) is 2.09. The van der Waals surface area contributed by atoms with E-state index in [9.17, 15) is 4.39 Å². The molecule has 0 aliphatic rings. The zero-order valence-electron chi connectivity index (χ0n) is 10.6. The van der Waals surface area contributed by atoms with E-state index in [1.807, 2.05) is 12.1 Å². The second-order valence-corrected chi connectivity index (χ2v) is 4.31. The second kappa shape index (κ2) is 5.52. The lowest BCUT2D eigenvalue weighted by Gasteiger charge is -2.08. The Morgan fingerprint density at radius 3 is 2.47 bits per heavy atom. The molecule has 19 heavy (non-hydrogen) atoms. The highest BCUT2D eigenvalue weighted by Crippen LogP contribution is 2.17. The first kappa shape index (κ1) is 13.1. The average Bonchev–Trinajstić information content (AvgIpc) is 2.40. The Hall–Kier alpha value is -2.36. The highest BCUT2D eigenvalue weighted by molar-refractivity contribution is 5.94. The van der Waals surface area contributed by atoms with Crippen LogP contribution in [0.15, 0.2) is 42.5 Å². The lowest BCUT2D eigenvalue weighted by molar-refractivity contribution is 0.305. The van der Waals surface area contributed by atoms with Crippen molar-refractivity contribution in [1.29, 1.82) is 5.41 Å². The summed E-state index contributed by atoms with van der Waals surface area (Å²) in [6.07, 6.45) is 0. The Labute approximate surface area is 111 Å². The van der Waals surface area contributed by atoms with Gasteiger partial charge in [0, 0.05) is 5.56 Å². The van der Waals surface area contributed by atoms with Crippen LogP contribution in [0.4, 0.5) is 4.39 Å². The van der Waals surface area contributed by atoms with Crippen LogP contribution in [0.3, 0.4) is 0 Å². The van der Waals surface area contributed by atoms with E-state index in [2.05, 4.69) is 0 Å². The smallest absolute Gasteiger partial charge is 0.126 e. The van der Waals surface area contributed by atoms with Gasteiger partial charge in [-0.25, -0.2) is 4.39 Å². The van der Waals surface area contributed by atoms with Crippen molar-refractivity contribution in [1.82, 2.24) is 0 Å². The van der Waals surface area contributed by atoms with Gasteiger partial charge in [0.2, 0.25) is 0 Å². The van der Waals surface area contributed by atoms with Crippen molar-refractivity contribution in [3.05, 3.63) is 65.0 Å². The lowest BCUT2D eigenvalue weighted by atomic mass is 10.1. The van der Waals surface area contributed by atoms with E-state index in [1.54, 1.807) is 31.2 Å². The monoisotopic (exact) mass is 258 g/mol. The summed E-state index contributed by atoms with van der Waals surface area (Å²) in [5, 5.41) is 7.30. The minimum Gasteiger partial charge on any atom is -0.489 e. The molecule has 0 aliphatic carbocycles. The van der Waals surface area contributed by atoms with Gasteiger partial charge in [0.05, 0.1) is 0 Å². The first-order valence-electron chi connectivity index (χ1n) is 5.88. The Morgan fingerprint density at radius 1 is 1.21 bits per heavy atom. The van der Waals surface area contributed by atoms with Gasteiger partial charge in [0.25, 0.3) is 0 Å². The van der Waals surface area contributed by atoms with E-state index in [0.29, 0.717) is 23.5 Å². The van der Waals surface area contributed by atoms with Crippen LogP contribution in [0.2, 0.25) is 0 Å². The van der Waals surface area contributed by atoms with Crippen molar-refractivity contribution in [2.24, 2.45) is 5.73 Å². The van der Waals surface area contributed by atoms with E-state index in [1.165, 1.54) is 6.07 Å². The quantitative estimate of drug-likeness (QED) is 0.654. The molecule has 0 atom stereocenters. The van der Waals surface area contributed by atoms with E-state index in [0.717, 1.165) is 5.56 Å². The summed E-state index contributed by atoms with van der Waals surface area (Å²) in [6, 6.07) is 11.9. The van der Waals surface area contributed by atoms with Crippen LogP contribution in [-0.2, 0) is 6.61 Å². The van der Waals surface area contributed by atoms with Gasteiger partial charge >= 0.3 is 0 Å². The van der Waals surface area contributed by atoms with Gasteiger partial charge in [-0.1, -0.05) is 24.3 Å². The van der Waals surface area contributed by atoms with Gasteiger partial charge in [-0.3, -0.25) is 5.41 Å². The lowest BCUT2D eigenvalue weighted by Crippen LogP contribution is -2.10. The molecule has 2 aromatic rings. The SMILES string of the molecule is Cc1cc(OCc2ccc(C(=N)N)cc2)ccc1F. The molecule has 3 N–H and O–H groups in total. The Morgan fingerprint density at radius 2 is 1.89 bits per heavy atom. The van der Waals surface area contributed by atoms with Crippen molar-refractivity contribution in [2.45, 2.75) is 13.5 Å². The Kier molecular flexibility index (Phi) is 3.80. The molecule has 0 aliphatic heterocycles. The molecule has 98 valence electrons. The molecular weight excluding hydrogens is 243 g/mol.